The van der Waals surface area contributed by atoms with Crippen LogP contribution in [0.25, 0.3) is 0 Å². The van der Waals surface area contributed by atoms with Crippen molar-refractivity contribution in [1.29, 1.82) is 0 Å². The molecule has 101 heavy (non-hydrogen) atoms. The second kappa shape index (κ2) is 73.6. The van der Waals surface area contributed by atoms with Crippen molar-refractivity contribution in [2.45, 2.75) is 452 Å². The molecule has 0 aromatic carbocycles. The molecule has 0 aliphatic rings. The third-order valence-electron chi connectivity index (χ3n) is 19.2. The molecule has 0 aliphatic carbocycles. The zero-order valence-electron chi connectivity index (χ0n) is 66.2. The molecular formula is C82H160O17P2. The van der Waals surface area contributed by atoms with Gasteiger partial charge < -0.3 is 33.8 Å². The maximum atomic E-state index is 13.1. The molecular weight excluding hydrogens is 1320 g/mol. The summed E-state index contributed by atoms with van der Waals surface area (Å²) in [5, 5.41) is 10.6. The number of phosphoric acid groups is 2. The Hall–Kier alpha value is -1.94. The number of phosphoric ester groups is 2. The summed E-state index contributed by atoms with van der Waals surface area (Å²) in [6.45, 7) is 9.66. The predicted molar refractivity (Wildman–Crippen MR) is 414 cm³/mol. The van der Waals surface area contributed by atoms with Gasteiger partial charge in [-0.3, -0.25) is 37.3 Å². The lowest BCUT2D eigenvalue weighted by Crippen LogP contribution is -2.30. The van der Waals surface area contributed by atoms with E-state index in [-0.39, 0.29) is 25.7 Å². The number of carbonyl (C=O) groups is 4. The van der Waals surface area contributed by atoms with Crippen LogP contribution in [0.2, 0.25) is 0 Å². The van der Waals surface area contributed by atoms with Gasteiger partial charge in [0.15, 0.2) is 12.2 Å². The summed E-state index contributed by atoms with van der Waals surface area (Å²) in [5.74, 6) is -0.516. The van der Waals surface area contributed by atoms with E-state index >= 15 is 0 Å². The summed E-state index contributed by atoms with van der Waals surface area (Å²) in [6.07, 6.45) is 63.9. The minimum Gasteiger partial charge on any atom is -0.462 e. The van der Waals surface area contributed by atoms with Crippen LogP contribution in [0.5, 0.6) is 0 Å². The summed E-state index contributed by atoms with van der Waals surface area (Å²) in [5.41, 5.74) is 0. The smallest absolute Gasteiger partial charge is 0.462 e. The Labute approximate surface area is 619 Å². The van der Waals surface area contributed by atoms with Crippen LogP contribution in [-0.2, 0) is 65.4 Å². The van der Waals surface area contributed by atoms with Gasteiger partial charge in [0.05, 0.1) is 26.4 Å². The molecule has 600 valence electrons. The number of hydrogen-bond acceptors (Lipinski definition) is 15. The van der Waals surface area contributed by atoms with Gasteiger partial charge in [-0.1, -0.05) is 382 Å². The molecule has 0 amide bonds. The van der Waals surface area contributed by atoms with Crippen molar-refractivity contribution in [3.8, 4) is 0 Å². The quantitative estimate of drug-likeness (QED) is 0.0222. The molecule has 0 heterocycles. The van der Waals surface area contributed by atoms with Crippen LogP contribution in [0.4, 0.5) is 0 Å². The molecule has 0 aromatic heterocycles. The van der Waals surface area contributed by atoms with Gasteiger partial charge in [0, 0.05) is 25.7 Å². The summed E-state index contributed by atoms with van der Waals surface area (Å²) < 4.78 is 68.7. The topological polar surface area (TPSA) is 237 Å². The zero-order chi connectivity index (χ0) is 74.2. The Kier molecular flexibility index (Phi) is 72.2. The number of rotatable bonds is 81. The molecule has 2 unspecified atom stereocenters. The fourth-order valence-electron chi connectivity index (χ4n) is 12.7. The lowest BCUT2D eigenvalue weighted by atomic mass is 10.0. The Balaban J connectivity index is 5.20. The molecule has 19 heteroatoms. The molecule has 17 nitrogen and oxygen atoms in total. The second-order valence-corrected chi connectivity index (χ2v) is 33.4. The van der Waals surface area contributed by atoms with Crippen molar-refractivity contribution in [1.82, 2.24) is 0 Å². The van der Waals surface area contributed by atoms with Crippen molar-refractivity contribution in [2.24, 2.45) is 11.8 Å². The zero-order valence-corrected chi connectivity index (χ0v) is 68.0. The van der Waals surface area contributed by atoms with Crippen LogP contribution in [0.3, 0.4) is 0 Å². The van der Waals surface area contributed by atoms with E-state index in [4.69, 9.17) is 37.0 Å². The van der Waals surface area contributed by atoms with Crippen molar-refractivity contribution < 1.29 is 80.2 Å². The SMILES string of the molecule is CCCCCCCCCCCCCCCCCCCCCC(=O)O[C@H](COC(=O)CCCCCCCCCCCCCCCCCC(C)C)COP(=O)(O)OC[C@@H](O)COP(=O)(O)OC[C@@H](COC(=O)CCCCCCCCCC)OC(=O)CCCCCCCCCCCCCCCC(C)C. The summed E-state index contributed by atoms with van der Waals surface area (Å²) in [6, 6.07) is 0. The van der Waals surface area contributed by atoms with Crippen molar-refractivity contribution in [3.63, 3.8) is 0 Å². The van der Waals surface area contributed by atoms with Crippen molar-refractivity contribution in [2.75, 3.05) is 39.6 Å². The molecule has 0 spiro atoms. The van der Waals surface area contributed by atoms with Crippen molar-refractivity contribution >= 4 is 39.5 Å². The third kappa shape index (κ3) is 76.1. The Morgan fingerprint density at radius 2 is 0.455 bits per heavy atom. The highest BCUT2D eigenvalue weighted by Gasteiger charge is 2.30. The Morgan fingerprint density at radius 3 is 0.673 bits per heavy atom. The number of aliphatic hydroxyl groups is 1. The van der Waals surface area contributed by atoms with Crippen LogP contribution in [0, 0.1) is 11.8 Å². The molecule has 5 atom stereocenters. The molecule has 0 saturated heterocycles. The van der Waals surface area contributed by atoms with E-state index in [0.29, 0.717) is 25.7 Å². The highest BCUT2D eigenvalue weighted by molar-refractivity contribution is 7.47. The standard InChI is InChI=1S/C82H160O17P2/c1-7-9-11-13-15-17-18-19-20-21-22-23-26-32-37-42-48-54-60-66-82(87)99-78(71-93-80(85)65-59-53-47-41-36-31-27-24-25-29-34-39-44-50-56-62-74(3)4)73-97-101(90,91)95-69-76(83)68-94-100(88,89)96-72-77(70-92-79(84)64-58-52-46-16-14-12-10-8-2)98-81(86)67-61-55-49-43-38-33-28-30-35-40-45-51-57-63-75(5)6/h74-78,83H,7-73H2,1-6H3,(H,88,89)(H,90,91)/t76-,77+,78+/m0/s1. The van der Waals surface area contributed by atoms with Gasteiger partial charge in [-0.2, -0.15) is 0 Å². The monoisotopic (exact) mass is 1480 g/mol. The molecule has 0 rings (SSSR count). The first-order valence-electron chi connectivity index (χ1n) is 42.5. The highest BCUT2D eigenvalue weighted by atomic mass is 31.2. The lowest BCUT2D eigenvalue weighted by molar-refractivity contribution is -0.161. The fraction of sp³-hybridized carbons (Fsp3) is 0.951. The third-order valence-corrected chi connectivity index (χ3v) is 21.1. The van der Waals surface area contributed by atoms with Gasteiger partial charge in [-0.15, -0.1) is 0 Å². The number of hydrogen-bond donors (Lipinski definition) is 3. The van der Waals surface area contributed by atoms with Crippen LogP contribution in [0.15, 0.2) is 0 Å². The van der Waals surface area contributed by atoms with Gasteiger partial charge in [0.2, 0.25) is 0 Å². The summed E-state index contributed by atoms with van der Waals surface area (Å²) in [4.78, 5) is 73.0. The maximum absolute atomic E-state index is 13.1. The van der Waals surface area contributed by atoms with Gasteiger partial charge in [-0.05, 0) is 37.5 Å². The van der Waals surface area contributed by atoms with E-state index in [1.54, 1.807) is 0 Å². The summed E-state index contributed by atoms with van der Waals surface area (Å²) in [7, 11) is -9.92. The average Bonchev–Trinajstić information content (AvgIpc) is 0.973. The highest BCUT2D eigenvalue weighted by Crippen LogP contribution is 2.45. The van der Waals surface area contributed by atoms with Gasteiger partial charge >= 0.3 is 39.5 Å². The average molecular weight is 1480 g/mol. The number of unbranched alkanes of at least 4 members (excludes halogenated alkanes) is 51. The second-order valence-electron chi connectivity index (χ2n) is 30.5. The fourth-order valence-corrected chi connectivity index (χ4v) is 14.3. The number of carbonyl (C=O) groups excluding carboxylic acids is 4. The number of esters is 4. The van der Waals surface area contributed by atoms with E-state index in [1.807, 2.05) is 0 Å². The lowest BCUT2D eigenvalue weighted by Gasteiger charge is -2.21. The van der Waals surface area contributed by atoms with E-state index in [0.717, 1.165) is 108 Å². The molecule has 3 N–H and O–H groups in total. The van der Waals surface area contributed by atoms with Gasteiger partial charge in [-0.25, -0.2) is 9.13 Å². The minimum atomic E-state index is -4.96. The van der Waals surface area contributed by atoms with Crippen molar-refractivity contribution in [3.05, 3.63) is 0 Å². The van der Waals surface area contributed by atoms with Gasteiger partial charge in [0.25, 0.3) is 0 Å². The van der Waals surface area contributed by atoms with Gasteiger partial charge in [0.1, 0.15) is 19.3 Å². The molecule has 0 aliphatic heterocycles. The molecule has 0 fully saturated rings. The molecule has 0 aromatic rings. The van der Waals surface area contributed by atoms with Crippen LogP contribution < -0.4 is 0 Å². The van der Waals surface area contributed by atoms with Crippen LogP contribution >= 0.6 is 15.6 Å². The summed E-state index contributed by atoms with van der Waals surface area (Å²) >= 11 is 0. The largest absolute Gasteiger partial charge is 0.472 e. The first kappa shape index (κ1) is 99.1. The van der Waals surface area contributed by atoms with Crippen LogP contribution in [0.1, 0.15) is 433 Å². The molecule has 0 bridgehead atoms. The van der Waals surface area contributed by atoms with Crippen LogP contribution in [-0.4, -0.2) is 96.7 Å². The first-order chi connectivity index (χ1) is 48.9. The maximum Gasteiger partial charge on any atom is 0.472 e. The number of aliphatic hydroxyl groups excluding tert-OH is 1. The van der Waals surface area contributed by atoms with E-state index in [2.05, 4.69) is 41.5 Å². The Morgan fingerprint density at radius 1 is 0.267 bits per heavy atom. The number of ether oxygens (including phenoxy) is 4. The van der Waals surface area contributed by atoms with E-state index < -0.39 is 97.5 Å². The van der Waals surface area contributed by atoms with E-state index in [1.165, 1.54) is 244 Å². The molecule has 0 radical (unpaired) electrons. The normalized spacial score (nSPS) is 13.9. The van der Waals surface area contributed by atoms with E-state index in [9.17, 15) is 43.2 Å². The molecule has 0 saturated carbocycles. The first-order valence-corrected chi connectivity index (χ1v) is 45.5. The Bertz CT molecular complexity index is 1940. The minimum absolute atomic E-state index is 0.107. The predicted octanol–water partition coefficient (Wildman–Crippen LogP) is 24.7.